The van der Waals surface area contributed by atoms with Gasteiger partial charge < -0.3 is 14.0 Å². The van der Waals surface area contributed by atoms with Crippen LogP contribution in [-0.4, -0.2) is 32.9 Å². The number of aldehydes is 1. The first-order valence-corrected chi connectivity index (χ1v) is 10.9. The molecule has 1 rings (SSSR count). The lowest BCUT2D eigenvalue weighted by Crippen LogP contribution is -2.45. The first-order valence-electron chi connectivity index (χ1n) is 8.00. The van der Waals surface area contributed by atoms with Gasteiger partial charge in [-0.25, -0.2) is 0 Å². The number of unbranched alkanes of at least 4 members (excludes halogenated alkanes) is 2. The van der Waals surface area contributed by atoms with E-state index in [1.807, 2.05) is 0 Å². The summed E-state index contributed by atoms with van der Waals surface area (Å²) in [7, 11) is -1.80. The second-order valence-electron chi connectivity index (χ2n) is 7.50. The molecule has 1 heterocycles. The highest BCUT2D eigenvalue weighted by Crippen LogP contribution is 2.40. The second-order valence-corrected chi connectivity index (χ2v) is 12.3. The fourth-order valence-electron chi connectivity index (χ4n) is 2.36. The first-order chi connectivity index (χ1) is 9.21. The van der Waals surface area contributed by atoms with Crippen LogP contribution in [-0.2, 0) is 14.0 Å². The highest BCUT2D eigenvalue weighted by atomic mass is 28.4. The highest BCUT2D eigenvalue weighted by Gasteiger charge is 2.44. The van der Waals surface area contributed by atoms with E-state index >= 15 is 0 Å². The summed E-state index contributed by atoms with van der Waals surface area (Å²) in [5, 5.41) is 0.195. The van der Waals surface area contributed by atoms with Crippen LogP contribution in [0.3, 0.4) is 0 Å². The number of carbonyl (C=O) groups excluding carboxylic acids is 1. The van der Waals surface area contributed by atoms with Gasteiger partial charge in [-0.1, -0.05) is 47.0 Å². The molecule has 0 saturated carbocycles. The van der Waals surface area contributed by atoms with Crippen molar-refractivity contribution in [1.29, 1.82) is 0 Å². The maximum Gasteiger partial charge on any atom is 0.192 e. The third-order valence-electron chi connectivity index (χ3n) is 4.73. The maximum atomic E-state index is 11.0. The lowest BCUT2D eigenvalue weighted by Gasteiger charge is -2.39. The molecule has 0 N–H and O–H groups in total. The number of rotatable bonds is 7. The topological polar surface area (TPSA) is 35.5 Å². The Morgan fingerprint density at radius 1 is 1.30 bits per heavy atom. The molecule has 0 spiro atoms. The van der Waals surface area contributed by atoms with Gasteiger partial charge in [0.05, 0.1) is 12.2 Å². The summed E-state index contributed by atoms with van der Waals surface area (Å²) >= 11 is 0. The van der Waals surface area contributed by atoms with Gasteiger partial charge in [0, 0.05) is 6.42 Å². The van der Waals surface area contributed by atoms with E-state index in [0.29, 0.717) is 0 Å². The van der Waals surface area contributed by atoms with Crippen molar-refractivity contribution in [1.82, 2.24) is 0 Å². The second kappa shape index (κ2) is 7.19. The molecule has 4 heteroatoms. The fourth-order valence-corrected chi connectivity index (χ4v) is 3.72. The highest BCUT2D eigenvalue weighted by molar-refractivity contribution is 6.74. The van der Waals surface area contributed by atoms with E-state index in [-0.39, 0.29) is 23.4 Å². The van der Waals surface area contributed by atoms with E-state index in [0.717, 1.165) is 25.5 Å². The molecule has 118 valence electrons. The van der Waals surface area contributed by atoms with Gasteiger partial charge in [-0.15, -0.1) is 0 Å². The Labute approximate surface area is 125 Å². The van der Waals surface area contributed by atoms with E-state index in [9.17, 15) is 4.79 Å². The Morgan fingerprint density at radius 3 is 2.45 bits per heavy atom. The molecule has 0 unspecified atom stereocenters. The van der Waals surface area contributed by atoms with Crippen LogP contribution < -0.4 is 0 Å². The van der Waals surface area contributed by atoms with E-state index < -0.39 is 8.32 Å². The van der Waals surface area contributed by atoms with Crippen LogP contribution in [0.5, 0.6) is 0 Å². The molecule has 3 nitrogen and oxygen atoms in total. The summed E-state index contributed by atoms with van der Waals surface area (Å²) in [5.41, 5.74) is 0. The van der Waals surface area contributed by atoms with Crippen LogP contribution in [0.1, 0.15) is 59.8 Å². The van der Waals surface area contributed by atoms with Crippen LogP contribution in [0.2, 0.25) is 18.1 Å². The summed E-state index contributed by atoms with van der Waals surface area (Å²) in [4.78, 5) is 11.0. The molecule has 0 bridgehead atoms. The minimum atomic E-state index is -1.80. The van der Waals surface area contributed by atoms with Crippen molar-refractivity contribution < 1.29 is 14.0 Å². The molecular weight excluding hydrogens is 268 g/mol. The molecule has 0 aromatic carbocycles. The predicted octanol–water partition coefficient (Wildman–Crippen LogP) is 4.31. The van der Waals surface area contributed by atoms with Crippen LogP contribution in [0.25, 0.3) is 0 Å². The number of hydrogen-bond acceptors (Lipinski definition) is 3. The SMILES string of the molecule is CCCCC[C@H]1O[C@H](C=O)C[C@H]1O[Si](C)(C)C(C)(C)C. The fraction of sp³-hybridized carbons (Fsp3) is 0.938. The van der Waals surface area contributed by atoms with E-state index in [4.69, 9.17) is 9.16 Å². The summed E-state index contributed by atoms with van der Waals surface area (Å²) in [6.07, 6.45) is 6.19. The summed E-state index contributed by atoms with van der Waals surface area (Å²) in [5.74, 6) is 0. The molecule has 1 aliphatic rings. The maximum absolute atomic E-state index is 11.0. The van der Waals surface area contributed by atoms with Gasteiger partial charge >= 0.3 is 0 Å². The largest absolute Gasteiger partial charge is 0.411 e. The molecule has 0 aliphatic carbocycles. The predicted molar refractivity (Wildman–Crippen MR) is 85.6 cm³/mol. The number of ether oxygens (including phenoxy) is 1. The Balaban J connectivity index is 2.66. The molecule has 0 aromatic heterocycles. The number of hydrogen-bond donors (Lipinski definition) is 0. The third kappa shape index (κ3) is 4.67. The van der Waals surface area contributed by atoms with Gasteiger partial charge in [0.25, 0.3) is 0 Å². The Kier molecular flexibility index (Phi) is 6.42. The van der Waals surface area contributed by atoms with Crippen molar-refractivity contribution in [3.05, 3.63) is 0 Å². The van der Waals surface area contributed by atoms with Crippen LogP contribution in [0.15, 0.2) is 0 Å². The summed E-state index contributed by atoms with van der Waals surface area (Å²) in [6.45, 7) is 13.5. The zero-order valence-electron chi connectivity index (χ0n) is 14.1. The van der Waals surface area contributed by atoms with Gasteiger partial charge in [0.1, 0.15) is 12.4 Å². The smallest absolute Gasteiger partial charge is 0.192 e. The quantitative estimate of drug-likeness (QED) is 0.399. The van der Waals surface area contributed by atoms with Gasteiger partial charge in [-0.05, 0) is 24.6 Å². The van der Waals surface area contributed by atoms with Crippen molar-refractivity contribution in [3.63, 3.8) is 0 Å². The van der Waals surface area contributed by atoms with Gasteiger partial charge in [-0.3, -0.25) is 0 Å². The van der Waals surface area contributed by atoms with Crippen molar-refractivity contribution in [2.75, 3.05) is 0 Å². The molecular formula is C16H32O3Si. The normalized spacial score (nSPS) is 27.8. The van der Waals surface area contributed by atoms with Gasteiger partial charge in [0.2, 0.25) is 0 Å². The zero-order valence-corrected chi connectivity index (χ0v) is 15.1. The minimum absolute atomic E-state index is 0.1000. The zero-order chi connectivity index (χ0) is 15.4. The Bertz CT molecular complexity index is 309. The molecule has 0 radical (unpaired) electrons. The monoisotopic (exact) mass is 300 g/mol. The first kappa shape index (κ1) is 17.9. The Hall–Kier alpha value is -0.193. The van der Waals surface area contributed by atoms with E-state index in [1.54, 1.807) is 0 Å². The van der Waals surface area contributed by atoms with Crippen molar-refractivity contribution in [3.8, 4) is 0 Å². The lowest BCUT2D eigenvalue weighted by atomic mass is 10.1. The van der Waals surface area contributed by atoms with Crippen molar-refractivity contribution >= 4 is 14.6 Å². The molecule has 1 fully saturated rings. The van der Waals surface area contributed by atoms with Crippen molar-refractivity contribution in [2.45, 2.75) is 96.2 Å². The lowest BCUT2D eigenvalue weighted by molar-refractivity contribution is -0.117. The third-order valence-corrected chi connectivity index (χ3v) is 9.23. The molecule has 0 amide bonds. The number of carbonyl (C=O) groups is 1. The van der Waals surface area contributed by atoms with Crippen LogP contribution in [0, 0.1) is 0 Å². The molecule has 0 aromatic rings. The van der Waals surface area contributed by atoms with Gasteiger partial charge in [0.15, 0.2) is 8.32 Å². The molecule has 1 saturated heterocycles. The Morgan fingerprint density at radius 2 is 1.95 bits per heavy atom. The van der Waals surface area contributed by atoms with E-state index in [1.165, 1.54) is 12.8 Å². The molecule has 20 heavy (non-hydrogen) atoms. The van der Waals surface area contributed by atoms with Crippen LogP contribution >= 0.6 is 0 Å². The summed E-state index contributed by atoms with van der Waals surface area (Å²) in [6, 6.07) is 0. The molecule has 1 aliphatic heterocycles. The summed E-state index contributed by atoms with van der Waals surface area (Å²) < 4.78 is 12.4. The standard InChI is InChI=1S/C16H32O3Si/c1-7-8-9-10-14-15(11-13(12-17)18-14)19-20(5,6)16(2,3)4/h12-15H,7-11H2,1-6H3/t13-,14+,15+/m0/s1. The van der Waals surface area contributed by atoms with E-state index in [2.05, 4.69) is 40.8 Å². The van der Waals surface area contributed by atoms with Crippen molar-refractivity contribution in [2.24, 2.45) is 0 Å². The molecule has 3 atom stereocenters. The minimum Gasteiger partial charge on any atom is -0.411 e. The van der Waals surface area contributed by atoms with Crippen LogP contribution in [0.4, 0.5) is 0 Å². The van der Waals surface area contributed by atoms with Gasteiger partial charge in [-0.2, -0.15) is 0 Å². The average molecular weight is 301 g/mol. The average Bonchev–Trinajstić information content (AvgIpc) is 2.70.